The second kappa shape index (κ2) is 38.3. The number of benzene rings is 2. The second-order valence-electron chi connectivity index (χ2n) is 26.7. The average molecular weight is 1350 g/mol. The van der Waals surface area contributed by atoms with E-state index in [2.05, 4.69) is 15.4 Å². The van der Waals surface area contributed by atoms with Crippen LogP contribution < -0.4 is 15.4 Å². The number of nitrogens with one attached hydrogen (secondary N) is 3. The topological polar surface area (TPSA) is 300 Å². The summed E-state index contributed by atoms with van der Waals surface area (Å²) in [7, 11) is 2.18. The Balaban J connectivity index is 1.10. The number of hydrogen-bond donors (Lipinski definition) is 3. The van der Waals surface area contributed by atoms with Gasteiger partial charge in [-0.1, -0.05) is 104 Å². The van der Waals surface area contributed by atoms with Gasteiger partial charge in [0, 0.05) is 97.1 Å². The van der Waals surface area contributed by atoms with Gasteiger partial charge in [-0.25, -0.2) is 13.2 Å². The van der Waals surface area contributed by atoms with Gasteiger partial charge in [-0.05, 0) is 86.5 Å². The van der Waals surface area contributed by atoms with Crippen LogP contribution in [0.2, 0.25) is 0 Å². The molecule has 7 amide bonds. The van der Waals surface area contributed by atoms with Gasteiger partial charge in [-0.15, -0.1) is 0 Å². The Labute approximate surface area is 562 Å². The lowest BCUT2D eigenvalue weighted by atomic mass is 9.83. The van der Waals surface area contributed by atoms with Gasteiger partial charge < -0.3 is 53.9 Å². The number of Topliss-reactive ketones (excluding diaryl/α,β-unsaturated/α-hetero) is 3. The van der Waals surface area contributed by atoms with E-state index in [1.165, 1.54) is 26.2 Å². The lowest BCUT2D eigenvalue weighted by molar-refractivity contribution is -0.149. The fraction of sp³-hybridized carbons (Fsp3) is 0.686. The minimum atomic E-state index is -3.91. The number of sulfonamides is 1. The third-order valence-electron chi connectivity index (χ3n) is 18.9. The van der Waals surface area contributed by atoms with E-state index in [1.54, 1.807) is 91.0 Å². The molecule has 2 saturated heterocycles. The summed E-state index contributed by atoms with van der Waals surface area (Å²) >= 11 is 0. The maximum absolute atomic E-state index is 14.9. The van der Waals surface area contributed by atoms with Crippen LogP contribution in [0.5, 0.6) is 0 Å². The molecule has 2 heterocycles. The van der Waals surface area contributed by atoms with Gasteiger partial charge in [0.15, 0.2) is 5.78 Å². The van der Waals surface area contributed by atoms with Crippen molar-refractivity contribution in [3.8, 4) is 0 Å². The third-order valence-corrected chi connectivity index (χ3v) is 20.8. The first-order valence-electron chi connectivity index (χ1n) is 33.8. The van der Waals surface area contributed by atoms with Crippen LogP contribution in [-0.2, 0) is 89.9 Å². The Kier molecular flexibility index (Phi) is 31.9. The normalized spacial score (nSPS) is 18.1. The number of rotatable bonds is 40. The summed E-state index contributed by atoms with van der Waals surface area (Å²) in [5, 5.41) is 4.96. The van der Waals surface area contributed by atoms with Crippen LogP contribution >= 0.6 is 0 Å². The van der Waals surface area contributed by atoms with E-state index in [-0.39, 0.29) is 136 Å². The maximum atomic E-state index is 14.9. The number of amides is 7. The van der Waals surface area contributed by atoms with Crippen molar-refractivity contribution >= 4 is 74.6 Å². The van der Waals surface area contributed by atoms with Crippen molar-refractivity contribution in [2.75, 3.05) is 79.7 Å². The summed E-state index contributed by atoms with van der Waals surface area (Å²) in [6.07, 6.45) is 1.75. The molecule has 0 spiro atoms. The minimum absolute atomic E-state index is 0.00195. The predicted molar refractivity (Wildman–Crippen MR) is 358 cm³/mol. The molecular formula is C70H107N7O17S. The number of methoxy groups -OCH3 is 2. The predicted octanol–water partition coefficient (Wildman–Crippen LogP) is 6.94. The van der Waals surface area contributed by atoms with Gasteiger partial charge in [0.05, 0.1) is 80.8 Å². The highest BCUT2D eigenvalue weighted by atomic mass is 32.2. The molecule has 0 radical (unpaired) electrons. The van der Waals surface area contributed by atoms with Crippen molar-refractivity contribution < 1.29 is 80.0 Å². The molecule has 10 atom stereocenters. The zero-order chi connectivity index (χ0) is 70.3. The number of ether oxygens (including phenoxy) is 5. The molecule has 24 nitrogen and oxygen atoms in total. The molecule has 1 saturated carbocycles. The first kappa shape index (κ1) is 79.0. The molecule has 2 aliphatic heterocycles. The van der Waals surface area contributed by atoms with E-state index in [0.717, 1.165) is 0 Å². The van der Waals surface area contributed by atoms with Crippen LogP contribution in [0.15, 0.2) is 54.6 Å². The standard InChI is InChI=1S/C70H107N7O17S/c1-14-46(6)64(60(90-12)42-62(82)77-32-18-21-58(77)65(91-13)48(8)67(84)72-57(40-50-19-16-15-17-20-50)68(85)73-95(88,89)55-26-27-55)74(10)69(86)56(44(2)3)41-59(80)63(45(4)5)75(11)70(87)94-43-51-22-24-53(25-23-51)71-66(83)47(7)39-54(79)30-35-92-37-38-93-36-31-61(81)76-33-28-52(29-34-76)49(9)78/h15-17,19-20,22-25,44-48,52,55-58,60,63-65H,14,18,21,26-43H2,1-13H3,(H,71,83)(H,72,84)(H,73,85)/t46-,47+,48+,56-,57-,58-,60+,63-,64-,65+/m0/s1. The SMILES string of the molecule is CC[C@H](C)[C@@H]([C@@H](CC(=O)N1CCC[C@H]1[C@H](OC)[C@@H](C)C(=O)N[C@@H](Cc1ccccc1)C(=O)NS(=O)(=O)C1CC1)OC)N(C)C(=O)[C@@H](CC(=O)[C@H](C(C)C)N(C)C(=O)OCc1ccc(NC(=O)[C@H](C)CC(=O)CCOCCOCCC(=O)N2CCC(C(C)=O)CC2)cc1)C(C)C. The molecule has 95 heavy (non-hydrogen) atoms. The van der Waals surface area contributed by atoms with Crippen molar-refractivity contribution in [2.45, 2.75) is 194 Å². The number of nitrogens with zero attached hydrogens (tertiary/aromatic N) is 4. The highest BCUT2D eigenvalue weighted by molar-refractivity contribution is 7.90. The molecule has 530 valence electrons. The third kappa shape index (κ3) is 23.8. The highest BCUT2D eigenvalue weighted by Crippen LogP contribution is 2.32. The Hall–Kier alpha value is -6.67. The van der Waals surface area contributed by atoms with Gasteiger partial charge in [0.1, 0.15) is 24.2 Å². The van der Waals surface area contributed by atoms with Crippen LogP contribution in [0.25, 0.3) is 0 Å². The van der Waals surface area contributed by atoms with Crippen LogP contribution in [0, 0.1) is 41.4 Å². The Morgan fingerprint density at radius 3 is 1.87 bits per heavy atom. The summed E-state index contributed by atoms with van der Waals surface area (Å²) in [5.74, 6) is -5.83. The molecule has 3 N–H and O–H groups in total. The fourth-order valence-electron chi connectivity index (χ4n) is 12.8. The van der Waals surface area contributed by atoms with E-state index in [1.807, 2.05) is 47.6 Å². The largest absolute Gasteiger partial charge is 0.445 e. The average Bonchev–Trinajstić information content (AvgIpc) is 1.81. The molecule has 25 heteroatoms. The summed E-state index contributed by atoms with van der Waals surface area (Å²) in [6, 6.07) is 12.3. The van der Waals surface area contributed by atoms with Crippen molar-refractivity contribution in [1.82, 2.24) is 29.6 Å². The van der Waals surface area contributed by atoms with Crippen LogP contribution in [0.1, 0.15) is 150 Å². The molecule has 1 aliphatic carbocycles. The molecule has 0 bridgehead atoms. The molecule has 2 aromatic rings. The number of likely N-dealkylation sites (N-methyl/N-ethyl adjacent to an activating group) is 2. The number of piperidine rings is 1. The molecule has 0 aromatic heterocycles. The van der Waals surface area contributed by atoms with Crippen molar-refractivity contribution in [3.05, 3.63) is 65.7 Å². The van der Waals surface area contributed by atoms with E-state index in [9.17, 15) is 56.4 Å². The number of likely N-dealkylation sites (tertiary alicyclic amines) is 2. The molecule has 0 unspecified atom stereocenters. The van der Waals surface area contributed by atoms with Crippen molar-refractivity contribution in [2.24, 2.45) is 41.4 Å². The summed E-state index contributed by atoms with van der Waals surface area (Å²) < 4.78 is 56.7. The van der Waals surface area contributed by atoms with Gasteiger partial charge in [-0.3, -0.25) is 47.9 Å². The zero-order valence-corrected chi connectivity index (χ0v) is 59.1. The lowest BCUT2D eigenvalue weighted by Crippen LogP contribution is -2.55. The first-order valence-corrected chi connectivity index (χ1v) is 35.4. The molecule has 3 fully saturated rings. The Morgan fingerprint density at radius 1 is 0.674 bits per heavy atom. The Bertz CT molecular complexity index is 2990. The number of ketones is 3. The van der Waals surface area contributed by atoms with E-state index >= 15 is 0 Å². The molecular weight excluding hydrogens is 1240 g/mol. The van der Waals surface area contributed by atoms with E-state index in [4.69, 9.17) is 23.7 Å². The van der Waals surface area contributed by atoms with Crippen molar-refractivity contribution in [3.63, 3.8) is 0 Å². The number of carbonyl (C=O) groups excluding carboxylic acids is 10. The summed E-state index contributed by atoms with van der Waals surface area (Å²) in [6.45, 7) is 18.5. The van der Waals surface area contributed by atoms with Crippen LogP contribution in [-0.4, -0.2) is 203 Å². The van der Waals surface area contributed by atoms with Crippen LogP contribution in [0.3, 0.4) is 0 Å². The first-order chi connectivity index (χ1) is 45.0. The number of carbonyl (C=O) groups is 10. The molecule has 2 aromatic carbocycles. The maximum Gasteiger partial charge on any atom is 0.410 e. The van der Waals surface area contributed by atoms with E-state index < -0.39 is 87.3 Å². The summed E-state index contributed by atoms with van der Waals surface area (Å²) in [5.41, 5.74) is 1.79. The second-order valence-corrected chi connectivity index (χ2v) is 28.7. The highest BCUT2D eigenvalue weighted by Gasteiger charge is 2.45. The van der Waals surface area contributed by atoms with Gasteiger partial charge in [0.2, 0.25) is 39.6 Å². The van der Waals surface area contributed by atoms with Gasteiger partial charge in [0.25, 0.3) is 5.91 Å². The smallest absolute Gasteiger partial charge is 0.410 e. The Morgan fingerprint density at radius 2 is 1.31 bits per heavy atom. The van der Waals surface area contributed by atoms with Crippen molar-refractivity contribution in [1.29, 1.82) is 0 Å². The number of hydrogen-bond acceptors (Lipinski definition) is 17. The molecule has 5 rings (SSSR count). The minimum Gasteiger partial charge on any atom is -0.445 e. The quantitative estimate of drug-likeness (QED) is 0.0569. The van der Waals surface area contributed by atoms with Crippen LogP contribution in [0.4, 0.5) is 10.5 Å². The lowest BCUT2D eigenvalue weighted by Gasteiger charge is -2.41. The van der Waals surface area contributed by atoms with Gasteiger partial charge in [-0.2, -0.15) is 0 Å². The zero-order valence-electron chi connectivity index (χ0n) is 58.3. The fourth-order valence-corrected chi connectivity index (χ4v) is 14.1. The number of anilines is 1. The van der Waals surface area contributed by atoms with Gasteiger partial charge >= 0.3 is 6.09 Å². The summed E-state index contributed by atoms with van der Waals surface area (Å²) in [4.78, 5) is 141. The monoisotopic (exact) mass is 1350 g/mol. The van der Waals surface area contributed by atoms with E-state index in [0.29, 0.717) is 81.4 Å². The molecule has 3 aliphatic rings.